The van der Waals surface area contributed by atoms with Crippen LogP contribution in [0.15, 0.2) is 24.5 Å². The standard InChI is InChI=1S/C15H19ClN4O/c1-2-20-15(18-10-19-20)9-21-14-6-3-12(16)7-11(14)8-17-13-4-5-13/h3,6-7,10,13,17H,2,4-5,8-9H2,1H3. The lowest BCUT2D eigenvalue weighted by molar-refractivity contribution is 0.283. The molecule has 3 rings (SSSR count). The lowest BCUT2D eigenvalue weighted by Crippen LogP contribution is -2.16. The molecule has 2 aromatic rings. The van der Waals surface area contributed by atoms with Crippen LogP contribution in [-0.2, 0) is 19.7 Å². The van der Waals surface area contributed by atoms with E-state index in [1.807, 2.05) is 29.8 Å². The quantitative estimate of drug-likeness (QED) is 0.854. The van der Waals surface area contributed by atoms with Gasteiger partial charge in [0, 0.05) is 29.7 Å². The average Bonchev–Trinajstić information content (AvgIpc) is 3.21. The van der Waals surface area contributed by atoms with Crippen molar-refractivity contribution < 1.29 is 4.74 Å². The number of benzene rings is 1. The van der Waals surface area contributed by atoms with Gasteiger partial charge in [-0.15, -0.1) is 0 Å². The highest BCUT2D eigenvalue weighted by molar-refractivity contribution is 6.30. The van der Waals surface area contributed by atoms with Gasteiger partial charge in [0.15, 0.2) is 5.82 Å². The molecule has 0 saturated heterocycles. The number of ether oxygens (including phenoxy) is 1. The molecule has 1 aliphatic rings. The molecule has 1 saturated carbocycles. The molecule has 1 aliphatic carbocycles. The largest absolute Gasteiger partial charge is 0.485 e. The van der Waals surface area contributed by atoms with Crippen molar-refractivity contribution in [2.45, 2.75) is 45.5 Å². The second-order valence-corrected chi connectivity index (χ2v) is 5.62. The number of hydrogen-bond donors (Lipinski definition) is 1. The number of rotatable bonds is 7. The van der Waals surface area contributed by atoms with E-state index in [-0.39, 0.29) is 0 Å². The summed E-state index contributed by atoms with van der Waals surface area (Å²) in [7, 11) is 0. The Morgan fingerprint density at radius 2 is 2.29 bits per heavy atom. The molecule has 0 bridgehead atoms. The van der Waals surface area contributed by atoms with E-state index in [0.717, 1.165) is 35.2 Å². The lowest BCUT2D eigenvalue weighted by atomic mass is 10.2. The first-order valence-electron chi connectivity index (χ1n) is 7.27. The normalized spacial score (nSPS) is 14.4. The molecule has 21 heavy (non-hydrogen) atoms. The Morgan fingerprint density at radius 3 is 3.05 bits per heavy atom. The second-order valence-electron chi connectivity index (χ2n) is 5.19. The first kappa shape index (κ1) is 14.4. The molecular weight excluding hydrogens is 288 g/mol. The van der Waals surface area contributed by atoms with Crippen molar-refractivity contribution in [3.63, 3.8) is 0 Å². The summed E-state index contributed by atoms with van der Waals surface area (Å²) in [6.07, 6.45) is 4.08. The van der Waals surface area contributed by atoms with Gasteiger partial charge in [-0.1, -0.05) is 11.6 Å². The zero-order valence-corrected chi connectivity index (χ0v) is 12.8. The summed E-state index contributed by atoms with van der Waals surface area (Å²) in [6.45, 7) is 4.01. The van der Waals surface area contributed by atoms with E-state index in [9.17, 15) is 0 Å². The molecule has 0 aliphatic heterocycles. The highest BCUT2D eigenvalue weighted by Crippen LogP contribution is 2.26. The van der Waals surface area contributed by atoms with Crippen molar-refractivity contribution >= 4 is 11.6 Å². The van der Waals surface area contributed by atoms with Gasteiger partial charge in [-0.25, -0.2) is 9.67 Å². The molecule has 0 radical (unpaired) electrons. The molecule has 6 heteroatoms. The smallest absolute Gasteiger partial charge is 0.164 e. The number of halogens is 1. The average molecular weight is 307 g/mol. The Bertz CT molecular complexity index is 609. The topological polar surface area (TPSA) is 52.0 Å². The van der Waals surface area contributed by atoms with Crippen LogP contribution in [0.1, 0.15) is 31.2 Å². The molecule has 1 N–H and O–H groups in total. The maximum atomic E-state index is 6.09. The van der Waals surface area contributed by atoms with Crippen molar-refractivity contribution in [1.82, 2.24) is 20.1 Å². The van der Waals surface area contributed by atoms with Gasteiger partial charge in [0.1, 0.15) is 18.7 Å². The summed E-state index contributed by atoms with van der Waals surface area (Å²) in [5, 5.41) is 8.36. The van der Waals surface area contributed by atoms with Crippen molar-refractivity contribution in [3.05, 3.63) is 40.9 Å². The van der Waals surface area contributed by atoms with Crippen LogP contribution in [-0.4, -0.2) is 20.8 Å². The lowest BCUT2D eigenvalue weighted by Gasteiger charge is -2.12. The van der Waals surface area contributed by atoms with Crippen molar-refractivity contribution in [1.29, 1.82) is 0 Å². The Kier molecular flexibility index (Phi) is 4.41. The molecule has 112 valence electrons. The van der Waals surface area contributed by atoms with Gasteiger partial charge in [-0.2, -0.15) is 5.10 Å². The number of aromatic nitrogens is 3. The van der Waals surface area contributed by atoms with E-state index >= 15 is 0 Å². The SMILES string of the molecule is CCn1ncnc1COc1ccc(Cl)cc1CNC1CC1. The summed E-state index contributed by atoms with van der Waals surface area (Å²) in [5.74, 6) is 1.67. The van der Waals surface area contributed by atoms with Crippen LogP contribution in [0, 0.1) is 0 Å². The van der Waals surface area contributed by atoms with Crippen LogP contribution in [0.25, 0.3) is 0 Å². The van der Waals surface area contributed by atoms with E-state index in [1.54, 1.807) is 6.33 Å². The van der Waals surface area contributed by atoms with E-state index in [0.29, 0.717) is 12.6 Å². The Balaban J connectivity index is 1.68. The molecule has 1 aromatic carbocycles. The summed E-state index contributed by atoms with van der Waals surface area (Å²) in [6, 6.07) is 6.37. The molecular formula is C15H19ClN4O. The molecule has 1 fully saturated rings. The molecule has 1 heterocycles. The minimum atomic E-state index is 0.409. The fourth-order valence-electron chi connectivity index (χ4n) is 2.18. The monoisotopic (exact) mass is 306 g/mol. The molecule has 0 spiro atoms. The van der Waals surface area contributed by atoms with Gasteiger partial charge >= 0.3 is 0 Å². The fourth-order valence-corrected chi connectivity index (χ4v) is 2.37. The summed E-state index contributed by atoms with van der Waals surface area (Å²) in [5.41, 5.74) is 1.08. The van der Waals surface area contributed by atoms with E-state index in [2.05, 4.69) is 15.4 Å². The van der Waals surface area contributed by atoms with Crippen LogP contribution in [0.4, 0.5) is 0 Å². The van der Waals surface area contributed by atoms with Crippen LogP contribution in [0.3, 0.4) is 0 Å². The highest BCUT2D eigenvalue weighted by Gasteiger charge is 2.20. The van der Waals surface area contributed by atoms with E-state index in [1.165, 1.54) is 12.8 Å². The zero-order valence-electron chi connectivity index (χ0n) is 12.1. The van der Waals surface area contributed by atoms with Gasteiger partial charge in [0.25, 0.3) is 0 Å². The Hall–Kier alpha value is -1.59. The molecule has 1 aromatic heterocycles. The molecule has 0 amide bonds. The Morgan fingerprint density at radius 1 is 1.43 bits per heavy atom. The van der Waals surface area contributed by atoms with Crippen LogP contribution < -0.4 is 10.1 Å². The fraction of sp³-hybridized carbons (Fsp3) is 0.467. The number of aryl methyl sites for hydroxylation is 1. The molecule has 5 nitrogen and oxygen atoms in total. The summed E-state index contributed by atoms with van der Waals surface area (Å²) >= 11 is 6.09. The summed E-state index contributed by atoms with van der Waals surface area (Å²) in [4.78, 5) is 4.22. The minimum absolute atomic E-state index is 0.409. The zero-order chi connectivity index (χ0) is 14.7. The van der Waals surface area contributed by atoms with Crippen LogP contribution in [0.5, 0.6) is 5.75 Å². The van der Waals surface area contributed by atoms with Crippen molar-refractivity contribution in [2.75, 3.05) is 0 Å². The van der Waals surface area contributed by atoms with Crippen molar-refractivity contribution in [3.8, 4) is 5.75 Å². The first-order valence-corrected chi connectivity index (χ1v) is 7.65. The first-order chi connectivity index (χ1) is 10.3. The predicted octanol–water partition coefficient (Wildman–Crippen LogP) is 2.78. The third-order valence-electron chi connectivity index (χ3n) is 3.53. The maximum absolute atomic E-state index is 6.09. The van der Waals surface area contributed by atoms with Crippen LogP contribution >= 0.6 is 11.6 Å². The number of nitrogens with one attached hydrogen (secondary N) is 1. The maximum Gasteiger partial charge on any atom is 0.164 e. The van der Waals surface area contributed by atoms with Crippen molar-refractivity contribution in [2.24, 2.45) is 0 Å². The van der Waals surface area contributed by atoms with Gasteiger partial charge in [0.2, 0.25) is 0 Å². The predicted molar refractivity (Wildman–Crippen MR) is 81.3 cm³/mol. The molecule has 0 atom stereocenters. The van der Waals surface area contributed by atoms with Crippen LogP contribution in [0.2, 0.25) is 5.02 Å². The number of nitrogens with zero attached hydrogens (tertiary/aromatic N) is 3. The minimum Gasteiger partial charge on any atom is -0.485 e. The third kappa shape index (κ3) is 3.74. The van der Waals surface area contributed by atoms with Gasteiger partial charge in [0.05, 0.1) is 0 Å². The second kappa shape index (κ2) is 6.45. The number of hydrogen-bond acceptors (Lipinski definition) is 4. The van der Waals surface area contributed by atoms with E-state index in [4.69, 9.17) is 16.3 Å². The van der Waals surface area contributed by atoms with Gasteiger partial charge in [-0.05, 0) is 38.0 Å². The highest BCUT2D eigenvalue weighted by atomic mass is 35.5. The Labute approximate surface area is 129 Å². The van der Waals surface area contributed by atoms with Gasteiger partial charge in [-0.3, -0.25) is 0 Å². The summed E-state index contributed by atoms with van der Waals surface area (Å²) < 4.78 is 7.74. The third-order valence-corrected chi connectivity index (χ3v) is 3.77. The van der Waals surface area contributed by atoms with Gasteiger partial charge < -0.3 is 10.1 Å². The molecule has 0 unspecified atom stereocenters. The van der Waals surface area contributed by atoms with E-state index < -0.39 is 0 Å².